The third kappa shape index (κ3) is 4.30. The van der Waals surface area contributed by atoms with Crippen LogP contribution in [0.3, 0.4) is 0 Å². The van der Waals surface area contributed by atoms with E-state index in [-0.39, 0.29) is 21.4 Å². The average Bonchev–Trinajstić information content (AvgIpc) is 2.46. The monoisotopic (exact) mass is 356 g/mol. The number of hydrogen-bond donors (Lipinski definition) is 0. The highest BCUT2D eigenvalue weighted by molar-refractivity contribution is 7.87. The molecule has 0 aliphatic carbocycles. The van der Waals surface area contributed by atoms with Crippen LogP contribution in [0, 0.1) is 6.92 Å². The predicted molar refractivity (Wildman–Crippen MR) is 88.2 cm³/mol. The summed E-state index contributed by atoms with van der Waals surface area (Å²) in [7, 11) is -2.71. The van der Waals surface area contributed by atoms with Crippen molar-refractivity contribution >= 4 is 21.7 Å². The van der Waals surface area contributed by atoms with Crippen LogP contribution in [0.1, 0.15) is 12.5 Å². The predicted octanol–water partition coefficient (Wildman–Crippen LogP) is 3.82. The van der Waals surface area contributed by atoms with E-state index < -0.39 is 10.1 Å². The fraction of sp³-hybridized carbons (Fsp3) is 0.250. The number of aryl methyl sites for hydroxylation is 1. The van der Waals surface area contributed by atoms with Gasteiger partial charge in [-0.2, -0.15) is 8.42 Å². The van der Waals surface area contributed by atoms with E-state index in [4.69, 9.17) is 25.3 Å². The van der Waals surface area contributed by atoms with Crippen molar-refractivity contribution in [3.63, 3.8) is 0 Å². The summed E-state index contributed by atoms with van der Waals surface area (Å²) in [5.41, 5.74) is 0.819. The second kappa shape index (κ2) is 7.10. The van der Waals surface area contributed by atoms with Crippen LogP contribution < -0.4 is 13.7 Å². The lowest BCUT2D eigenvalue weighted by molar-refractivity contribution is 0.338. The topological polar surface area (TPSA) is 61.8 Å². The van der Waals surface area contributed by atoms with Gasteiger partial charge in [0.1, 0.15) is 22.1 Å². The van der Waals surface area contributed by atoms with Gasteiger partial charge < -0.3 is 13.7 Å². The Morgan fingerprint density at radius 2 is 1.78 bits per heavy atom. The standard InChI is InChI=1S/C16H17ClO5S/c1-4-21-13-7-11(2)8-14(10-13)22-23(18,19)16-9-12(17)5-6-15(16)20-3/h5-10H,4H2,1-3H3. The first-order valence-corrected chi connectivity index (χ1v) is 8.67. The highest BCUT2D eigenvalue weighted by atomic mass is 35.5. The first-order chi connectivity index (χ1) is 10.9. The van der Waals surface area contributed by atoms with Crippen molar-refractivity contribution in [2.24, 2.45) is 0 Å². The maximum atomic E-state index is 12.5. The van der Waals surface area contributed by atoms with Crippen molar-refractivity contribution < 1.29 is 22.1 Å². The summed E-state index contributed by atoms with van der Waals surface area (Å²) in [6.45, 7) is 4.14. The lowest BCUT2D eigenvalue weighted by Gasteiger charge is -2.12. The number of benzene rings is 2. The van der Waals surface area contributed by atoms with E-state index >= 15 is 0 Å². The Morgan fingerprint density at radius 3 is 2.43 bits per heavy atom. The molecule has 5 nitrogen and oxygen atoms in total. The van der Waals surface area contributed by atoms with Crippen LogP contribution in [-0.4, -0.2) is 22.1 Å². The lowest BCUT2D eigenvalue weighted by atomic mass is 10.2. The average molecular weight is 357 g/mol. The van der Waals surface area contributed by atoms with Crippen LogP contribution >= 0.6 is 11.6 Å². The van der Waals surface area contributed by atoms with Crippen molar-refractivity contribution in [3.05, 3.63) is 47.0 Å². The SMILES string of the molecule is CCOc1cc(C)cc(OS(=O)(=O)c2cc(Cl)ccc2OC)c1. The van der Waals surface area contributed by atoms with Crippen LogP contribution in [0.4, 0.5) is 0 Å². The van der Waals surface area contributed by atoms with Crippen LogP contribution in [0.15, 0.2) is 41.3 Å². The zero-order chi connectivity index (χ0) is 17.0. The quantitative estimate of drug-likeness (QED) is 0.736. The van der Waals surface area contributed by atoms with Crippen molar-refractivity contribution in [1.82, 2.24) is 0 Å². The summed E-state index contributed by atoms with van der Waals surface area (Å²) >= 11 is 5.88. The van der Waals surface area contributed by atoms with Crippen molar-refractivity contribution in [2.45, 2.75) is 18.7 Å². The van der Waals surface area contributed by atoms with Gasteiger partial charge in [0.15, 0.2) is 0 Å². The second-order valence-corrected chi connectivity index (χ2v) is 6.70. The van der Waals surface area contributed by atoms with Crippen LogP contribution in [0.25, 0.3) is 0 Å². The summed E-state index contributed by atoms with van der Waals surface area (Å²) in [6, 6.07) is 9.22. The van der Waals surface area contributed by atoms with Gasteiger partial charge in [-0.05, 0) is 49.7 Å². The number of hydrogen-bond acceptors (Lipinski definition) is 5. The molecule has 2 aromatic rings. The van der Waals surface area contributed by atoms with Crippen LogP contribution in [-0.2, 0) is 10.1 Å². The van der Waals surface area contributed by atoms with E-state index in [0.29, 0.717) is 12.4 Å². The molecular weight excluding hydrogens is 340 g/mol. The minimum atomic E-state index is -4.09. The molecule has 0 unspecified atom stereocenters. The summed E-state index contributed by atoms with van der Waals surface area (Å²) < 4.78 is 40.7. The fourth-order valence-corrected chi connectivity index (χ4v) is 3.37. The summed E-state index contributed by atoms with van der Waals surface area (Å²) in [6.07, 6.45) is 0. The van der Waals surface area contributed by atoms with Gasteiger partial charge in [0.2, 0.25) is 0 Å². The molecule has 0 aromatic heterocycles. The molecule has 2 rings (SSSR count). The molecule has 0 amide bonds. The zero-order valence-corrected chi connectivity index (χ0v) is 14.6. The first kappa shape index (κ1) is 17.4. The molecule has 0 radical (unpaired) electrons. The maximum Gasteiger partial charge on any atom is 0.342 e. The Morgan fingerprint density at radius 1 is 1.09 bits per heavy atom. The Bertz CT molecular complexity index is 802. The number of ether oxygens (including phenoxy) is 2. The van der Waals surface area contributed by atoms with Crippen molar-refractivity contribution in [2.75, 3.05) is 13.7 Å². The van der Waals surface area contributed by atoms with Gasteiger partial charge in [-0.25, -0.2) is 0 Å². The minimum Gasteiger partial charge on any atom is -0.495 e. The molecule has 7 heteroatoms. The third-order valence-electron chi connectivity index (χ3n) is 2.94. The number of halogens is 1. The molecule has 23 heavy (non-hydrogen) atoms. The largest absolute Gasteiger partial charge is 0.495 e. The van der Waals surface area contributed by atoms with E-state index in [1.165, 1.54) is 25.3 Å². The zero-order valence-electron chi connectivity index (χ0n) is 13.0. The highest BCUT2D eigenvalue weighted by Gasteiger charge is 2.23. The Hall–Kier alpha value is -1.92. The van der Waals surface area contributed by atoms with Gasteiger partial charge in [-0.3, -0.25) is 0 Å². The van der Waals surface area contributed by atoms with Gasteiger partial charge >= 0.3 is 10.1 Å². The van der Waals surface area contributed by atoms with Crippen molar-refractivity contribution in [1.29, 1.82) is 0 Å². The highest BCUT2D eigenvalue weighted by Crippen LogP contribution is 2.31. The van der Waals surface area contributed by atoms with Gasteiger partial charge in [0.05, 0.1) is 13.7 Å². The first-order valence-electron chi connectivity index (χ1n) is 6.88. The molecule has 0 heterocycles. The Balaban J connectivity index is 2.41. The molecule has 0 atom stereocenters. The molecule has 0 saturated heterocycles. The smallest absolute Gasteiger partial charge is 0.342 e. The molecule has 0 fully saturated rings. The normalized spacial score (nSPS) is 11.1. The Labute approximate surface area is 140 Å². The molecular formula is C16H17ClO5S. The minimum absolute atomic E-state index is 0.132. The summed E-state index contributed by atoms with van der Waals surface area (Å²) in [5, 5.41) is 0.271. The maximum absolute atomic E-state index is 12.5. The van der Waals surface area contributed by atoms with Gasteiger partial charge in [0, 0.05) is 11.1 Å². The van der Waals surface area contributed by atoms with Crippen LogP contribution in [0.5, 0.6) is 17.2 Å². The van der Waals surface area contributed by atoms with Gasteiger partial charge in [-0.1, -0.05) is 11.6 Å². The molecule has 0 saturated carbocycles. The van der Waals surface area contributed by atoms with E-state index in [0.717, 1.165) is 5.56 Å². The van der Waals surface area contributed by atoms with E-state index in [2.05, 4.69) is 0 Å². The second-order valence-electron chi connectivity index (χ2n) is 4.75. The van der Waals surface area contributed by atoms with Gasteiger partial charge in [0.25, 0.3) is 0 Å². The van der Waals surface area contributed by atoms with E-state index in [1.807, 2.05) is 13.8 Å². The van der Waals surface area contributed by atoms with Crippen LogP contribution in [0.2, 0.25) is 5.02 Å². The lowest BCUT2D eigenvalue weighted by Crippen LogP contribution is -2.11. The Kier molecular flexibility index (Phi) is 5.38. The third-order valence-corrected chi connectivity index (χ3v) is 4.44. The summed E-state index contributed by atoms with van der Waals surface area (Å²) in [5.74, 6) is 0.860. The van der Waals surface area contributed by atoms with E-state index in [1.54, 1.807) is 18.2 Å². The van der Waals surface area contributed by atoms with Gasteiger partial charge in [-0.15, -0.1) is 0 Å². The number of rotatable bonds is 6. The molecule has 124 valence electrons. The molecule has 0 spiro atoms. The number of methoxy groups -OCH3 is 1. The molecule has 0 aliphatic heterocycles. The molecule has 2 aromatic carbocycles. The fourth-order valence-electron chi connectivity index (χ4n) is 2.03. The molecule has 0 aliphatic rings. The molecule has 0 bridgehead atoms. The summed E-state index contributed by atoms with van der Waals surface area (Å²) in [4.78, 5) is -0.132. The molecule has 0 N–H and O–H groups in total. The van der Waals surface area contributed by atoms with Crippen molar-refractivity contribution in [3.8, 4) is 17.2 Å². The van der Waals surface area contributed by atoms with E-state index in [9.17, 15) is 8.42 Å².